The van der Waals surface area contributed by atoms with Gasteiger partial charge in [0.2, 0.25) is 5.91 Å². The number of hydrogen-bond acceptors (Lipinski definition) is 5. The highest BCUT2D eigenvalue weighted by molar-refractivity contribution is 7.22. The molecule has 1 amide bonds. The molecule has 1 aliphatic heterocycles. The molecule has 0 bridgehead atoms. The SMILES string of the molecule is COc1cc(-c2cc3[nH]c(=O)n([C@@H]4CC(=O)NC[C@@H](C)C4)c(=O)c3s2)c(C)cc1F. The monoisotopic (exact) mass is 431 g/mol. The van der Waals surface area contributed by atoms with Gasteiger partial charge in [-0.15, -0.1) is 11.3 Å². The van der Waals surface area contributed by atoms with E-state index >= 15 is 0 Å². The first-order valence-electron chi connectivity index (χ1n) is 9.68. The molecule has 1 saturated heterocycles. The van der Waals surface area contributed by atoms with Crippen molar-refractivity contribution in [2.75, 3.05) is 13.7 Å². The highest BCUT2D eigenvalue weighted by atomic mass is 32.1. The van der Waals surface area contributed by atoms with Crippen LogP contribution in [0.15, 0.2) is 27.8 Å². The van der Waals surface area contributed by atoms with E-state index in [-0.39, 0.29) is 24.0 Å². The Bertz CT molecular complexity index is 1260. The number of benzene rings is 1. The molecule has 0 saturated carbocycles. The van der Waals surface area contributed by atoms with Gasteiger partial charge in [0.25, 0.3) is 5.56 Å². The Kier molecular flexibility index (Phi) is 5.23. The van der Waals surface area contributed by atoms with Crippen LogP contribution < -0.4 is 21.3 Å². The standard InChI is InChI=1S/C21H22FN3O4S/c1-10-4-12(6-18(26)23-9-10)25-20(27)19-15(24-21(25)28)8-17(30-19)13-7-16(29-3)14(22)5-11(13)2/h5,7-8,10,12H,4,6,9H2,1-3H3,(H,23,26)(H,24,28)/t10-,12-/m0/s1. The molecule has 0 radical (unpaired) electrons. The van der Waals surface area contributed by atoms with Crippen molar-refractivity contribution in [3.8, 4) is 16.2 Å². The minimum Gasteiger partial charge on any atom is -0.494 e. The van der Waals surface area contributed by atoms with E-state index in [4.69, 9.17) is 4.74 Å². The molecule has 2 atom stereocenters. The van der Waals surface area contributed by atoms with Crippen molar-refractivity contribution in [3.05, 3.63) is 50.4 Å². The highest BCUT2D eigenvalue weighted by Gasteiger charge is 2.26. The number of aryl methyl sites for hydroxylation is 1. The molecular formula is C21H22FN3O4S. The summed E-state index contributed by atoms with van der Waals surface area (Å²) < 4.78 is 20.6. The van der Waals surface area contributed by atoms with Crippen molar-refractivity contribution in [2.24, 2.45) is 5.92 Å². The van der Waals surface area contributed by atoms with Gasteiger partial charge in [0, 0.05) is 17.8 Å². The van der Waals surface area contributed by atoms with Crippen LogP contribution in [0.25, 0.3) is 20.7 Å². The van der Waals surface area contributed by atoms with E-state index in [0.717, 1.165) is 10.4 Å². The summed E-state index contributed by atoms with van der Waals surface area (Å²) in [5.74, 6) is -0.373. The molecule has 0 aliphatic carbocycles. The molecule has 3 aromatic rings. The third kappa shape index (κ3) is 3.54. The number of carbonyl (C=O) groups excluding carboxylic acids is 1. The van der Waals surface area contributed by atoms with Crippen molar-refractivity contribution < 1.29 is 13.9 Å². The van der Waals surface area contributed by atoms with Crippen molar-refractivity contribution >= 4 is 27.5 Å². The number of amides is 1. The van der Waals surface area contributed by atoms with E-state index in [1.807, 2.05) is 6.92 Å². The maximum absolute atomic E-state index is 14.0. The largest absolute Gasteiger partial charge is 0.494 e. The van der Waals surface area contributed by atoms with Gasteiger partial charge >= 0.3 is 5.69 Å². The van der Waals surface area contributed by atoms with Gasteiger partial charge in [-0.05, 0) is 48.6 Å². The molecule has 158 valence electrons. The fourth-order valence-corrected chi connectivity index (χ4v) is 5.09. The number of nitrogens with zero attached hydrogens (tertiary/aromatic N) is 1. The van der Waals surface area contributed by atoms with Gasteiger partial charge in [0.1, 0.15) is 4.70 Å². The average Bonchev–Trinajstić information content (AvgIpc) is 3.02. The van der Waals surface area contributed by atoms with Crippen LogP contribution in [0.4, 0.5) is 4.39 Å². The molecular weight excluding hydrogens is 409 g/mol. The molecule has 7 nitrogen and oxygen atoms in total. The second-order valence-electron chi connectivity index (χ2n) is 7.76. The number of hydrogen-bond donors (Lipinski definition) is 2. The van der Waals surface area contributed by atoms with E-state index in [0.29, 0.717) is 28.7 Å². The van der Waals surface area contributed by atoms with Crippen LogP contribution in [0.3, 0.4) is 0 Å². The summed E-state index contributed by atoms with van der Waals surface area (Å²) in [5.41, 5.74) is 0.899. The minimum absolute atomic E-state index is 0.0886. The molecule has 3 heterocycles. The van der Waals surface area contributed by atoms with Crippen LogP contribution in [-0.4, -0.2) is 29.1 Å². The number of ether oxygens (including phenoxy) is 1. The highest BCUT2D eigenvalue weighted by Crippen LogP contribution is 2.36. The van der Waals surface area contributed by atoms with E-state index in [2.05, 4.69) is 10.3 Å². The number of thiophene rings is 1. The first-order valence-corrected chi connectivity index (χ1v) is 10.5. The van der Waals surface area contributed by atoms with Crippen molar-refractivity contribution in [1.29, 1.82) is 0 Å². The quantitative estimate of drug-likeness (QED) is 0.667. The third-order valence-electron chi connectivity index (χ3n) is 5.48. The van der Waals surface area contributed by atoms with Gasteiger partial charge in [0.05, 0.1) is 18.7 Å². The summed E-state index contributed by atoms with van der Waals surface area (Å²) in [6, 6.07) is 4.19. The lowest BCUT2D eigenvalue weighted by Gasteiger charge is -2.17. The predicted octanol–water partition coefficient (Wildman–Crippen LogP) is 2.96. The summed E-state index contributed by atoms with van der Waals surface area (Å²) in [5, 5.41) is 2.81. The topological polar surface area (TPSA) is 93.2 Å². The van der Waals surface area contributed by atoms with Crippen molar-refractivity contribution in [3.63, 3.8) is 0 Å². The molecule has 4 rings (SSSR count). The number of aromatic nitrogens is 2. The normalized spacial score (nSPS) is 19.5. The van der Waals surface area contributed by atoms with E-state index < -0.39 is 23.1 Å². The third-order valence-corrected chi connectivity index (χ3v) is 6.63. The summed E-state index contributed by atoms with van der Waals surface area (Å²) in [4.78, 5) is 41.5. The number of fused-ring (bicyclic) bond motifs is 1. The Balaban J connectivity index is 1.86. The van der Waals surface area contributed by atoms with Gasteiger partial charge in [-0.3, -0.25) is 14.2 Å². The van der Waals surface area contributed by atoms with Gasteiger partial charge in [-0.1, -0.05) is 6.92 Å². The van der Waals surface area contributed by atoms with Gasteiger partial charge in [-0.2, -0.15) is 0 Å². The Labute approximate surface area is 175 Å². The van der Waals surface area contributed by atoms with Gasteiger partial charge < -0.3 is 15.0 Å². The van der Waals surface area contributed by atoms with Crippen LogP contribution in [0.5, 0.6) is 5.75 Å². The fourth-order valence-electron chi connectivity index (χ4n) is 3.96. The predicted molar refractivity (Wildman–Crippen MR) is 114 cm³/mol. The first-order chi connectivity index (χ1) is 14.3. The number of rotatable bonds is 3. The Morgan fingerprint density at radius 3 is 2.73 bits per heavy atom. The summed E-state index contributed by atoms with van der Waals surface area (Å²) in [6.07, 6.45) is 0.644. The molecule has 1 aromatic carbocycles. The zero-order valence-corrected chi connectivity index (χ0v) is 17.7. The first kappa shape index (κ1) is 20.3. The maximum Gasteiger partial charge on any atom is 0.329 e. The Hall–Kier alpha value is -2.94. The van der Waals surface area contributed by atoms with E-state index in [9.17, 15) is 18.8 Å². The van der Waals surface area contributed by atoms with Crippen molar-refractivity contribution in [1.82, 2.24) is 14.9 Å². The maximum atomic E-state index is 14.0. The molecule has 2 N–H and O–H groups in total. The molecule has 9 heteroatoms. The summed E-state index contributed by atoms with van der Waals surface area (Å²) in [6.45, 7) is 4.28. The van der Waals surface area contributed by atoms with Crippen LogP contribution in [0.1, 0.15) is 31.4 Å². The summed E-state index contributed by atoms with van der Waals surface area (Å²) in [7, 11) is 1.39. The zero-order valence-electron chi connectivity index (χ0n) is 16.9. The Morgan fingerprint density at radius 2 is 2.00 bits per heavy atom. The number of nitrogens with one attached hydrogen (secondary N) is 2. The van der Waals surface area contributed by atoms with Crippen LogP contribution in [0.2, 0.25) is 0 Å². The van der Waals surface area contributed by atoms with Gasteiger partial charge in [-0.25, -0.2) is 9.18 Å². The second kappa shape index (κ2) is 7.71. The molecule has 1 aliphatic rings. The number of methoxy groups -OCH3 is 1. The smallest absolute Gasteiger partial charge is 0.329 e. The Morgan fingerprint density at radius 1 is 1.23 bits per heavy atom. The van der Waals surface area contributed by atoms with Crippen LogP contribution in [-0.2, 0) is 4.79 Å². The summed E-state index contributed by atoms with van der Waals surface area (Å²) >= 11 is 1.23. The fraction of sp³-hybridized carbons (Fsp3) is 0.381. The molecule has 0 unspecified atom stereocenters. The molecule has 30 heavy (non-hydrogen) atoms. The van der Waals surface area contributed by atoms with Crippen LogP contribution in [0, 0.1) is 18.7 Å². The number of carbonyl (C=O) groups is 1. The van der Waals surface area contributed by atoms with E-state index in [1.54, 1.807) is 19.1 Å². The number of H-pyrrole nitrogens is 1. The molecule has 2 aromatic heterocycles. The van der Waals surface area contributed by atoms with Gasteiger partial charge in [0.15, 0.2) is 11.6 Å². The van der Waals surface area contributed by atoms with Crippen molar-refractivity contribution in [2.45, 2.75) is 32.7 Å². The molecule has 1 fully saturated rings. The number of aromatic amines is 1. The van der Waals surface area contributed by atoms with E-state index in [1.165, 1.54) is 29.1 Å². The average molecular weight is 431 g/mol. The number of halogens is 1. The molecule has 0 spiro atoms. The second-order valence-corrected chi connectivity index (χ2v) is 8.82. The lowest BCUT2D eigenvalue weighted by Crippen LogP contribution is -2.38. The minimum atomic E-state index is -0.530. The van der Waals surface area contributed by atoms with Crippen LogP contribution >= 0.6 is 11.3 Å². The lowest BCUT2D eigenvalue weighted by atomic mass is 10.0. The zero-order chi connectivity index (χ0) is 21.6. The lowest BCUT2D eigenvalue weighted by molar-refractivity contribution is -0.121.